The van der Waals surface area contributed by atoms with Crippen LogP contribution >= 0.6 is 23.4 Å². The van der Waals surface area contributed by atoms with Gasteiger partial charge in [-0.3, -0.25) is 14.5 Å². The van der Waals surface area contributed by atoms with Crippen LogP contribution in [0.1, 0.15) is 11.1 Å². The van der Waals surface area contributed by atoms with E-state index in [4.69, 9.17) is 22.8 Å². The van der Waals surface area contributed by atoms with Crippen LogP contribution in [0, 0.1) is 18.2 Å². The molecule has 0 bridgehead atoms. The van der Waals surface area contributed by atoms with E-state index in [0.717, 1.165) is 16.7 Å². The van der Waals surface area contributed by atoms with Crippen molar-refractivity contribution in [2.24, 2.45) is 0 Å². The Morgan fingerprint density at radius 1 is 1.22 bits per heavy atom. The van der Waals surface area contributed by atoms with E-state index in [1.54, 1.807) is 24.3 Å². The quantitative estimate of drug-likeness (QED) is 0.537. The number of halogens is 2. The first kappa shape index (κ1) is 19.0. The van der Waals surface area contributed by atoms with E-state index in [1.165, 1.54) is 24.3 Å². The molecule has 0 aliphatic carbocycles. The predicted molar refractivity (Wildman–Crippen MR) is 104 cm³/mol. The molecule has 0 aromatic heterocycles. The normalized spacial score (nSPS) is 15.3. The molecule has 0 saturated carbocycles. The minimum absolute atomic E-state index is 0.0852. The van der Waals surface area contributed by atoms with Crippen molar-refractivity contribution in [3.8, 4) is 18.1 Å². The molecule has 0 spiro atoms. The number of terminal acetylenes is 1. The lowest BCUT2D eigenvalue weighted by Crippen LogP contribution is -2.27. The van der Waals surface area contributed by atoms with Crippen LogP contribution in [-0.4, -0.2) is 22.7 Å². The molecule has 1 aliphatic rings. The fourth-order valence-electron chi connectivity index (χ4n) is 2.40. The van der Waals surface area contributed by atoms with Gasteiger partial charge in [0, 0.05) is 0 Å². The van der Waals surface area contributed by atoms with Crippen molar-refractivity contribution in [2.75, 3.05) is 6.61 Å². The average Bonchev–Trinajstić information content (AvgIpc) is 2.90. The van der Waals surface area contributed by atoms with Gasteiger partial charge in [-0.15, -0.1) is 6.42 Å². The van der Waals surface area contributed by atoms with Gasteiger partial charge in [-0.2, -0.15) is 0 Å². The second kappa shape index (κ2) is 8.30. The van der Waals surface area contributed by atoms with Gasteiger partial charge in [0.1, 0.15) is 18.2 Å². The number of carbonyl (C=O) groups is 2. The van der Waals surface area contributed by atoms with Crippen LogP contribution in [0.3, 0.4) is 0 Å². The molecule has 1 saturated heterocycles. The van der Waals surface area contributed by atoms with Crippen molar-refractivity contribution in [1.82, 2.24) is 4.90 Å². The van der Waals surface area contributed by atoms with Crippen LogP contribution in [0.15, 0.2) is 47.4 Å². The third kappa shape index (κ3) is 4.51. The Hall–Kier alpha value is -2.75. The van der Waals surface area contributed by atoms with Gasteiger partial charge < -0.3 is 4.74 Å². The minimum atomic E-state index is -0.405. The molecule has 2 amide bonds. The lowest BCUT2D eigenvalue weighted by atomic mass is 10.2. The summed E-state index contributed by atoms with van der Waals surface area (Å²) in [6, 6.07) is 10.6. The van der Waals surface area contributed by atoms with Crippen molar-refractivity contribution in [1.29, 1.82) is 0 Å². The zero-order chi connectivity index (χ0) is 19.4. The number of hydrogen-bond donors (Lipinski definition) is 0. The molecule has 2 aromatic carbocycles. The third-order valence-corrected chi connectivity index (χ3v) is 4.89. The van der Waals surface area contributed by atoms with Crippen molar-refractivity contribution < 1.29 is 18.7 Å². The zero-order valence-electron chi connectivity index (χ0n) is 13.9. The van der Waals surface area contributed by atoms with Gasteiger partial charge in [0.25, 0.3) is 11.1 Å². The van der Waals surface area contributed by atoms with E-state index in [9.17, 15) is 14.0 Å². The zero-order valence-corrected chi connectivity index (χ0v) is 15.5. The number of imide groups is 1. The highest BCUT2D eigenvalue weighted by molar-refractivity contribution is 8.18. The largest absolute Gasteiger partial charge is 0.479 e. The Bertz CT molecular complexity index is 966. The molecule has 136 valence electrons. The second-order valence-corrected chi connectivity index (χ2v) is 6.98. The summed E-state index contributed by atoms with van der Waals surface area (Å²) in [5.74, 6) is 2.01. The van der Waals surface area contributed by atoms with Crippen molar-refractivity contribution in [2.45, 2.75) is 6.54 Å². The standard InChI is InChI=1S/C20H13ClFNO3S/c1-2-9-26-17-8-5-14(10-16(17)21)11-18-19(24)23(20(25)27-18)12-13-3-6-15(22)7-4-13/h1,3-8,10-11H,9,12H2. The molecular weight excluding hydrogens is 389 g/mol. The van der Waals surface area contributed by atoms with Gasteiger partial charge in [0.15, 0.2) is 0 Å². The smallest absolute Gasteiger partial charge is 0.293 e. The lowest BCUT2D eigenvalue weighted by molar-refractivity contribution is -0.123. The Labute approximate surface area is 165 Å². The van der Waals surface area contributed by atoms with Crippen LogP contribution < -0.4 is 4.74 Å². The molecule has 1 heterocycles. The first-order valence-electron chi connectivity index (χ1n) is 7.83. The van der Waals surface area contributed by atoms with Gasteiger partial charge >= 0.3 is 0 Å². The summed E-state index contributed by atoms with van der Waals surface area (Å²) >= 11 is 6.99. The van der Waals surface area contributed by atoms with E-state index in [0.29, 0.717) is 21.9 Å². The van der Waals surface area contributed by atoms with Gasteiger partial charge in [-0.25, -0.2) is 4.39 Å². The summed E-state index contributed by atoms with van der Waals surface area (Å²) in [6.45, 7) is 0.184. The second-order valence-electron chi connectivity index (χ2n) is 5.58. The lowest BCUT2D eigenvalue weighted by Gasteiger charge is -2.12. The number of benzene rings is 2. The number of ether oxygens (including phenoxy) is 1. The number of hydrogen-bond acceptors (Lipinski definition) is 4. The van der Waals surface area contributed by atoms with Crippen LogP contribution in [0.5, 0.6) is 5.75 Å². The molecule has 27 heavy (non-hydrogen) atoms. The highest BCUT2D eigenvalue weighted by Crippen LogP contribution is 2.34. The molecule has 4 nitrogen and oxygen atoms in total. The highest BCUT2D eigenvalue weighted by Gasteiger charge is 2.35. The summed E-state index contributed by atoms with van der Waals surface area (Å²) in [7, 11) is 0. The van der Waals surface area contributed by atoms with Gasteiger partial charge in [-0.1, -0.05) is 35.7 Å². The molecule has 1 aliphatic heterocycles. The average molecular weight is 402 g/mol. The molecule has 3 rings (SSSR count). The Kier molecular flexibility index (Phi) is 5.84. The number of carbonyl (C=O) groups excluding carboxylic acids is 2. The Morgan fingerprint density at radius 2 is 1.96 bits per heavy atom. The summed E-state index contributed by atoms with van der Waals surface area (Å²) in [4.78, 5) is 26.1. The number of amides is 2. The van der Waals surface area contributed by atoms with Crippen LogP contribution in [-0.2, 0) is 11.3 Å². The van der Waals surface area contributed by atoms with E-state index in [1.807, 2.05) is 0 Å². The fraction of sp³-hybridized carbons (Fsp3) is 0.100. The van der Waals surface area contributed by atoms with Gasteiger partial charge in [0.2, 0.25) is 0 Å². The number of thioether (sulfide) groups is 1. The molecule has 1 fully saturated rings. The van der Waals surface area contributed by atoms with E-state index < -0.39 is 5.91 Å². The maximum Gasteiger partial charge on any atom is 0.293 e. The number of nitrogens with zero attached hydrogens (tertiary/aromatic N) is 1. The maximum atomic E-state index is 13.0. The third-order valence-electron chi connectivity index (χ3n) is 3.69. The SMILES string of the molecule is C#CCOc1ccc(C=C2SC(=O)N(Cc3ccc(F)cc3)C2=O)cc1Cl. The van der Waals surface area contributed by atoms with Crippen molar-refractivity contribution in [3.05, 3.63) is 69.3 Å². The first-order chi connectivity index (χ1) is 13.0. The Morgan fingerprint density at radius 3 is 2.63 bits per heavy atom. The summed E-state index contributed by atoms with van der Waals surface area (Å²) in [5, 5.41) is -0.0276. The van der Waals surface area contributed by atoms with Crippen LogP contribution in [0.4, 0.5) is 9.18 Å². The van der Waals surface area contributed by atoms with Crippen molar-refractivity contribution >= 4 is 40.6 Å². The van der Waals surface area contributed by atoms with Crippen molar-refractivity contribution in [3.63, 3.8) is 0 Å². The molecule has 0 atom stereocenters. The molecular formula is C20H13ClFNO3S. The molecule has 2 aromatic rings. The fourth-order valence-corrected chi connectivity index (χ4v) is 3.49. The topological polar surface area (TPSA) is 46.6 Å². The van der Waals surface area contributed by atoms with E-state index in [-0.39, 0.29) is 29.1 Å². The summed E-state index contributed by atoms with van der Waals surface area (Å²) in [6.07, 6.45) is 6.74. The highest BCUT2D eigenvalue weighted by atomic mass is 35.5. The first-order valence-corrected chi connectivity index (χ1v) is 9.03. The molecule has 7 heteroatoms. The summed E-state index contributed by atoms with van der Waals surface area (Å²) in [5.41, 5.74) is 1.32. The van der Waals surface area contributed by atoms with Gasteiger partial charge in [0.05, 0.1) is 16.5 Å². The van der Waals surface area contributed by atoms with E-state index in [2.05, 4.69) is 5.92 Å². The van der Waals surface area contributed by atoms with E-state index >= 15 is 0 Å². The van der Waals surface area contributed by atoms with Crippen LogP contribution in [0.25, 0.3) is 6.08 Å². The number of rotatable bonds is 5. The molecule has 0 N–H and O–H groups in total. The summed E-state index contributed by atoms with van der Waals surface area (Å²) < 4.78 is 18.3. The maximum absolute atomic E-state index is 13.0. The van der Waals surface area contributed by atoms with Crippen LogP contribution in [0.2, 0.25) is 5.02 Å². The molecule has 0 unspecified atom stereocenters. The van der Waals surface area contributed by atoms with Gasteiger partial charge in [-0.05, 0) is 53.2 Å². The monoisotopic (exact) mass is 401 g/mol. The minimum Gasteiger partial charge on any atom is -0.479 e. The predicted octanol–water partition coefficient (Wildman–Crippen LogP) is 4.73. The molecule has 0 radical (unpaired) electrons. The Balaban J connectivity index is 1.76.